The Morgan fingerprint density at radius 2 is 2.05 bits per heavy atom. The normalized spacial score (nSPS) is 12.2. The molecule has 1 aromatic carbocycles. The van der Waals surface area contributed by atoms with Gasteiger partial charge < -0.3 is 9.55 Å². The second-order valence-corrected chi connectivity index (χ2v) is 6.97. The van der Waals surface area contributed by atoms with Crippen LogP contribution in [0.4, 0.5) is 8.78 Å². The molecule has 6 heteroatoms. The number of aromatic nitrogens is 2. The molecule has 21 heavy (non-hydrogen) atoms. The maximum absolute atomic E-state index is 14.1. The molecular weight excluding hydrogens is 310 g/mol. The number of hydrogen-bond donors (Lipinski definition) is 1. The smallest absolute Gasteiger partial charge is 0.184 e. The molecule has 0 saturated carbocycles. The summed E-state index contributed by atoms with van der Waals surface area (Å²) in [5, 5.41) is 2.01. The predicted molar refractivity (Wildman–Crippen MR) is 84.4 cm³/mol. The van der Waals surface area contributed by atoms with Crippen LogP contribution in [-0.2, 0) is 12.0 Å². The standard InChI is InChI=1S/C15H14F2N2S2/c1-15(2,11-4-3-7-21-11)8-19-13-10(18-14(19)20)6-5-9(16)12(13)17/h3-7H,8H2,1-2H3,(H,18,20). The first-order chi connectivity index (χ1) is 9.90. The van der Waals surface area contributed by atoms with Gasteiger partial charge >= 0.3 is 0 Å². The molecule has 2 heterocycles. The minimum Gasteiger partial charge on any atom is -0.330 e. The molecule has 3 aromatic rings. The van der Waals surface area contributed by atoms with E-state index in [4.69, 9.17) is 12.2 Å². The zero-order valence-corrected chi connectivity index (χ0v) is 13.2. The largest absolute Gasteiger partial charge is 0.330 e. The number of halogens is 2. The van der Waals surface area contributed by atoms with E-state index in [1.807, 2.05) is 17.5 Å². The Labute approximate surface area is 130 Å². The molecular formula is C15H14F2N2S2. The van der Waals surface area contributed by atoms with Crippen molar-refractivity contribution in [2.24, 2.45) is 0 Å². The van der Waals surface area contributed by atoms with E-state index >= 15 is 0 Å². The number of nitrogens with zero attached hydrogens (tertiary/aromatic N) is 1. The van der Waals surface area contributed by atoms with Gasteiger partial charge in [-0.3, -0.25) is 0 Å². The molecule has 0 radical (unpaired) electrons. The Morgan fingerprint density at radius 1 is 1.29 bits per heavy atom. The van der Waals surface area contributed by atoms with E-state index in [1.54, 1.807) is 15.9 Å². The summed E-state index contributed by atoms with van der Waals surface area (Å²) >= 11 is 6.92. The van der Waals surface area contributed by atoms with Gasteiger partial charge in [-0.25, -0.2) is 8.78 Å². The lowest BCUT2D eigenvalue weighted by Gasteiger charge is -2.24. The lowest BCUT2D eigenvalue weighted by Crippen LogP contribution is -2.23. The van der Waals surface area contributed by atoms with Crippen LogP contribution in [0.25, 0.3) is 11.0 Å². The fraction of sp³-hybridized carbons (Fsp3) is 0.267. The number of fused-ring (bicyclic) bond motifs is 1. The fourth-order valence-corrected chi connectivity index (χ4v) is 3.59. The van der Waals surface area contributed by atoms with Gasteiger partial charge in [0.05, 0.1) is 5.52 Å². The molecule has 110 valence electrons. The maximum Gasteiger partial charge on any atom is 0.184 e. The van der Waals surface area contributed by atoms with Crippen molar-refractivity contribution in [3.8, 4) is 0 Å². The van der Waals surface area contributed by atoms with Crippen LogP contribution < -0.4 is 0 Å². The molecule has 0 aliphatic carbocycles. The van der Waals surface area contributed by atoms with Gasteiger partial charge in [0.25, 0.3) is 0 Å². The number of benzene rings is 1. The van der Waals surface area contributed by atoms with Gasteiger partial charge in [-0.05, 0) is 35.8 Å². The highest BCUT2D eigenvalue weighted by Crippen LogP contribution is 2.31. The van der Waals surface area contributed by atoms with E-state index in [-0.39, 0.29) is 10.9 Å². The third-order valence-corrected chi connectivity index (χ3v) is 5.13. The van der Waals surface area contributed by atoms with Gasteiger partial charge in [0.2, 0.25) is 0 Å². The molecule has 0 spiro atoms. The summed E-state index contributed by atoms with van der Waals surface area (Å²) < 4.78 is 29.7. The first-order valence-electron chi connectivity index (χ1n) is 6.50. The molecule has 0 fully saturated rings. The summed E-state index contributed by atoms with van der Waals surface area (Å²) in [6.07, 6.45) is 0. The summed E-state index contributed by atoms with van der Waals surface area (Å²) in [5.74, 6) is -1.72. The lowest BCUT2D eigenvalue weighted by atomic mass is 9.91. The second kappa shape index (κ2) is 5.03. The van der Waals surface area contributed by atoms with Crippen molar-refractivity contribution in [1.82, 2.24) is 9.55 Å². The Balaban J connectivity index is 2.15. The maximum atomic E-state index is 14.1. The lowest BCUT2D eigenvalue weighted by molar-refractivity contribution is 0.440. The zero-order valence-electron chi connectivity index (χ0n) is 11.6. The topological polar surface area (TPSA) is 20.7 Å². The highest BCUT2D eigenvalue weighted by molar-refractivity contribution is 7.71. The first-order valence-corrected chi connectivity index (χ1v) is 7.79. The summed E-state index contributed by atoms with van der Waals surface area (Å²) in [7, 11) is 0. The van der Waals surface area contributed by atoms with Crippen molar-refractivity contribution in [3.05, 3.63) is 50.9 Å². The fourth-order valence-electron chi connectivity index (χ4n) is 2.48. The number of nitrogens with one attached hydrogen (secondary N) is 1. The highest BCUT2D eigenvalue weighted by atomic mass is 32.1. The van der Waals surface area contributed by atoms with Gasteiger partial charge in [0, 0.05) is 16.8 Å². The van der Waals surface area contributed by atoms with Crippen LogP contribution in [0.15, 0.2) is 29.6 Å². The van der Waals surface area contributed by atoms with Gasteiger partial charge in [-0.15, -0.1) is 11.3 Å². The van der Waals surface area contributed by atoms with Crippen LogP contribution in [0, 0.1) is 16.4 Å². The summed E-state index contributed by atoms with van der Waals surface area (Å²) in [6.45, 7) is 4.61. The highest BCUT2D eigenvalue weighted by Gasteiger charge is 2.25. The Bertz CT molecular complexity index is 845. The molecule has 0 aliphatic heterocycles. The quantitative estimate of drug-likeness (QED) is 0.671. The zero-order chi connectivity index (χ0) is 15.2. The SMILES string of the molecule is CC(C)(Cn1c(=S)[nH]c2ccc(F)c(F)c21)c1cccs1. The summed E-state index contributed by atoms with van der Waals surface area (Å²) in [5.41, 5.74) is 0.491. The molecule has 0 unspecified atom stereocenters. The molecule has 1 N–H and O–H groups in total. The Kier molecular flexibility index (Phi) is 3.45. The number of H-pyrrole nitrogens is 1. The number of rotatable bonds is 3. The monoisotopic (exact) mass is 324 g/mol. The van der Waals surface area contributed by atoms with Crippen molar-refractivity contribution < 1.29 is 8.78 Å². The van der Waals surface area contributed by atoms with Crippen molar-refractivity contribution in [2.75, 3.05) is 0 Å². The van der Waals surface area contributed by atoms with E-state index in [1.165, 1.54) is 10.9 Å². The minimum absolute atomic E-state index is 0.199. The van der Waals surface area contributed by atoms with Crippen LogP contribution in [0.2, 0.25) is 0 Å². The van der Waals surface area contributed by atoms with Crippen LogP contribution in [0.1, 0.15) is 18.7 Å². The van der Waals surface area contributed by atoms with Crippen LogP contribution in [0.3, 0.4) is 0 Å². The molecule has 0 bridgehead atoms. The third-order valence-electron chi connectivity index (χ3n) is 3.57. The van der Waals surface area contributed by atoms with E-state index in [9.17, 15) is 8.78 Å². The number of imidazole rings is 1. The van der Waals surface area contributed by atoms with Crippen molar-refractivity contribution in [3.63, 3.8) is 0 Å². The molecule has 2 nitrogen and oxygen atoms in total. The van der Waals surface area contributed by atoms with Gasteiger partial charge in [-0.2, -0.15) is 0 Å². The molecule has 0 aliphatic rings. The van der Waals surface area contributed by atoms with Gasteiger partial charge in [0.1, 0.15) is 5.52 Å². The summed E-state index contributed by atoms with van der Waals surface area (Å²) in [6, 6.07) is 6.65. The molecule has 0 saturated heterocycles. The van der Waals surface area contributed by atoms with Gasteiger partial charge in [-0.1, -0.05) is 19.9 Å². The number of aromatic amines is 1. The Morgan fingerprint density at radius 3 is 2.71 bits per heavy atom. The van der Waals surface area contributed by atoms with Crippen LogP contribution >= 0.6 is 23.6 Å². The molecule has 0 amide bonds. The number of hydrogen-bond acceptors (Lipinski definition) is 2. The molecule has 0 atom stereocenters. The third kappa shape index (κ3) is 2.42. The average Bonchev–Trinajstić information content (AvgIpc) is 3.04. The number of thiophene rings is 1. The van der Waals surface area contributed by atoms with Crippen molar-refractivity contribution in [2.45, 2.75) is 25.8 Å². The van der Waals surface area contributed by atoms with Crippen LogP contribution in [0.5, 0.6) is 0 Å². The first kappa shape index (κ1) is 14.4. The van der Waals surface area contributed by atoms with E-state index in [0.29, 0.717) is 16.8 Å². The molecule has 3 rings (SSSR count). The summed E-state index contributed by atoms with van der Waals surface area (Å²) in [4.78, 5) is 4.11. The minimum atomic E-state index is -0.862. The van der Waals surface area contributed by atoms with E-state index in [0.717, 1.165) is 6.07 Å². The average molecular weight is 324 g/mol. The van der Waals surface area contributed by atoms with Crippen LogP contribution in [-0.4, -0.2) is 9.55 Å². The second-order valence-electron chi connectivity index (χ2n) is 5.64. The van der Waals surface area contributed by atoms with Crippen molar-refractivity contribution in [1.29, 1.82) is 0 Å². The molecule has 2 aromatic heterocycles. The Hall–Kier alpha value is -1.53. The van der Waals surface area contributed by atoms with E-state index < -0.39 is 11.6 Å². The van der Waals surface area contributed by atoms with E-state index in [2.05, 4.69) is 18.8 Å². The van der Waals surface area contributed by atoms with Gasteiger partial charge in [0.15, 0.2) is 16.4 Å². The predicted octanol–water partition coefficient (Wildman–Crippen LogP) is 5.02. The van der Waals surface area contributed by atoms with Crippen molar-refractivity contribution >= 4 is 34.6 Å².